The summed E-state index contributed by atoms with van der Waals surface area (Å²) >= 11 is 0. The zero-order valence-electron chi connectivity index (χ0n) is 22.3. The van der Waals surface area contributed by atoms with Gasteiger partial charge in [-0.25, -0.2) is 0 Å². The second-order valence-electron chi connectivity index (χ2n) is 9.57. The maximum atomic E-state index is 12.8. The van der Waals surface area contributed by atoms with E-state index in [1.807, 2.05) is 20.8 Å². The summed E-state index contributed by atoms with van der Waals surface area (Å²) in [6, 6.07) is 16.8. The van der Waals surface area contributed by atoms with Gasteiger partial charge in [0.05, 0.1) is 26.7 Å². The first kappa shape index (κ1) is 27.1. The average molecular weight is 532 g/mol. The molecular weight excluding hydrogens is 502 g/mol. The van der Waals surface area contributed by atoms with Crippen molar-refractivity contribution in [3.8, 4) is 23.5 Å². The van der Waals surface area contributed by atoms with Gasteiger partial charge in [-0.3, -0.25) is 9.59 Å². The summed E-state index contributed by atoms with van der Waals surface area (Å²) in [6.07, 6.45) is 0.141. The SMILES string of the molecule is COc1cc(OC)nc(Oc2cccc(C(=O)Nc3ccc(CC(=O)Nc4cc(C(C)(C)C)on4)cc3)c2)n1. The fourth-order valence-corrected chi connectivity index (χ4v) is 3.41. The number of methoxy groups -OCH3 is 2. The van der Waals surface area contributed by atoms with Crippen molar-refractivity contribution in [3.63, 3.8) is 0 Å². The molecule has 0 bridgehead atoms. The lowest BCUT2D eigenvalue weighted by Gasteiger charge is -2.12. The third-order valence-corrected chi connectivity index (χ3v) is 5.48. The second-order valence-corrected chi connectivity index (χ2v) is 9.57. The third-order valence-electron chi connectivity index (χ3n) is 5.48. The molecule has 4 rings (SSSR count). The van der Waals surface area contributed by atoms with Crippen LogP contribution >= 0.6 is 0 Å². The van der Waals surface area contributed by atoms with Gasteiger partial charge in [0.2, 0.25) is 17.7 Å². The number of nitrogens with one attached hydrogen (secondary N) is 2. The molecule has 0 unspecified atom stereocenters. The van der Waals surface area contributed by atoms with Crippen LogP contribution in [-0.4, -0.2) is 41.2 Å². The number of aromatic nitrogens is 3. The van der Waals surface area contributed by atoms with Gasteiger partial charge in [-0.15, -0.1) is 0 Å². The number of nitrogens with zero attached hydrogens (tertiary/aromatic N) is 3. The highest BCUT2D eigenvalue weighted by atomic mass is 16.5. The van der Waals surface area contributed by atoms with Crippen LogP contribution in [0.4, 0.5) is 11.5 Å². The molecule has 2 amide bonds. The first-order chi connectivity index (χ1) is 18.6. The molecule has 0 radical (unpaired) electrons. The molecule has 0 fully saturated rings. The molecule has 0 aliphatic rings. The zero-order chi connectivity index (χ0) is 28.0. The smallest absolute Gasteiger partial charge is 0.328 e. The normalized spacial score (nSPS) is 11.0. The highest BCUT2D eigenvalue weighted by Gasteiger charge is 2.20. The topological polar surface area (TPSA) is 138 Å². The van der Waals surface area contributed by atoms with E-state index in [0.29, 0.717) is 28.6 Å². The highest BCUT2D eigenvalue weighted by molar-refractivity contribution is 6.04. The number of hydrogen-bond donors (Lipinski definition) is 2. The molecule has 0 aliphatic carbocycles. The maximum absolute atomic E-state index is 12.8. The van der Waals surface area contributed by atoms with Crippen molar-refractivity contribution in [2.45, 2.75) is 32.6 Å². The summed E-state index contributed by atoms with van der Waals surface area (Å²) in [4.78, 5) is 33.5. The predicted molar refractivity (Wildman–Crippen MR) is 144 cm³/mol. The van der Waals surface area contributed by atoms with E-state index in [2.05, 4.69) is 25.8 Å². The molecule has 0 spiro atoms. The molecule has 2 aromatic carbocycles. The van der Waals surface area contributed by atoms with E-state index in [-0.39, 0.29) is 41.4 Å². The third kappa shape index (κ3) is 7.31. The Hall–Kier alpha value is -4.93. The van der Waals surface area contributed by atoms with Gasteiger partial charge in [0.15, 0.2) is 5.82 Å². The molecule has 2 heterocycles. The first-order valence-electron chi connectivity index (χ1n) is 12.1. The molecule has 11 heteroatoms. The predicted octanol–water partition coefficient (Wildman–Crippen LogP) is 5.01. The van der Waals surface area contributed by atoms with Crippen LogP contribution in [0.3, 0.4) is 0 Å². The number of carbonyl (C=O) groups is 2. The molecule has 2 N–H and O–H groups in total. The van der Waals surface area contributed by atoms with Crippen molar-refractivity contribution in [1.82, 2.24) is 15.1 Å². The number of hydrogen-bond acceptors (Lipinski definition) is 9. The number of carbonyl (C=O) groups excluding carboxylic acids is 2. The van der Waals surface area contributed by atoms with Gasteiger partial charge in [-0.05, 0) is 35.9 Å². The monoisotopic (exact) mass is 531 g/mol. The molecule has 0 saturated carbocycles. The fraction of sp³-hybridized carbons (Fsp3) is 0.250. The lowest BCUT2D eigenvalue weighted by Crippen LogP contribution is -2.15. The van der Waals surface area contributed by atoms with Crippen LogP contribution < -0.4 is 24.8 Å². The van der Waals surface area contributed by atoms with Gasteiger partial charge in [0, 0.05) is 22.7 Å². The number of anilines is 2. The van der Waals surface area contributed by atoms with Crippen molar-refractivity contribution in [2.24, 2.45) is 0 Å². The number of amides is 2. The van der Waals surface area contributed by atoms with Gasteiger partial charge in [0.25, 0.3) is 5.91 Å². The van der Waals surface area contributed by atoms with Gasteiger partial charge in [-0.2, -0.15) is 9.97 Å². The summed E-state index contributed by atoms with van der Waals surface area (Å²) in [5.74, 6) is 1.41. The van der Waals surface area contributed by atoms with Crippen LogP contribution in [0.1, 0.15) is 42.5 Å². The van der Waals surface area contributed by atoms with Crippen LogP contribution in [-0.2, 0) is 16.6 Å². The minimum atomic E-state index is -0.337. The van der Waals surface area contributed by atoms with Gasteiger partial charge in [-0.1, -0.05) is 44.1 Å². The number of rotatable bonds is 9. The van der Waals surface area contributed by atoms with Crippen molar-refractivity contribution in [2.75, 3.05) is 24.9 Å². The Labute approximate surface area is 225 Å². The second kappa shape index (κ2) is 11.6. The summed E-state index contributed by atoms with van der Waals surface area (Å²) in [7, 11) is 2.94. The van der Waals surface area contributed by atoms with Crippen molar-refractivity contribution >= 4 is 23.3 Å². The Morgan fingerprint density at radius 2 is 1.59 bits per heavy atom. The molecule has 0 atom stereocenters. The molecule has 11 nitrogen and oxygen atoms in total. The van der Waals surface area contributed by atoms with Crippen LogP contribution in [0.15, 0.2) is 65.2 Å². The van der Waals surface area contributed by atoms with E-state index in [9.17, 15) is 9.59 Å². The molecule has 39 heavy (non-hydrogen) atoms. The van der Waals surface area contributed by atoms with Crippen LogP contribution in [0.25, 0.3) is 0 Å². The lowest BCUT2D eigenvalue weighted by atomic mass is 9.93. The standard InChI is InChI=1S/C28H29N5O6/c1-28(2,3)21-15-22(33-39-21)30-23(34)13-17-9-11-19(12-10-17)29-26(35)18-7-6-8-20(14-18)38-27-31-24(36-4)16-25(32-27)37-5/h6-12,14-16H,13H2,1-5H3,(H,29,35)(H,30,33,34). The number of benzene rings is 2. The van der Waals surface area contributed by atoms with Gasteiger partial charge in [0.1, 0.15) is 11.5 Å². The highest BCUT2D eigenvalue weighted by Crippen LogP contribution is 2.26. The van der Waals surface area contributed by atoms with E-state index in [1.165, 1.54) is 20.3 Å². The van der Waals surface area contributed by atoms with Crippen LogP contribution in [0.2, 0.25) is 0 Å². The molecule has 0 saturated heterocycles. The van der Waals surface area contributed by atoms with E-state index in [0.717, 1.165) is 5.56 Å². The Bertz CT molecular complexity index is 1440. The molecule has 0 aliphatic heterocycles. The van der Waals surface area contributed by atoms with E-state index in [1.54, 1.807) is 54.6 Å². The van der Waals surface area contributed by atoms with Crippen molar-refractivity contribution < 1.29 is 28.3 Å². The summed E-state index contributed by atoms with van der Waals surface area (Å²) in [5.41, 5.74) is 1.51. The average Bonchev–Trinajstić information content (AvgIpc) is 3.38. The van der Waals surface area contributed by atoms with E-state index < -0.39 is 0 Å². The summed E-state index contributed by atoms with van der Waals surface area (Å²) in [5, 5.41) is 9.48. The summed E-state index contributed by atoms with van der Waals surface area (Å²) < 4.78 is 21.3. The quantitative estimate of drug-likeness (QED) is 0.305. The van der Waals surface area contributed by atoms with Gasteiger partial charge < -0.3 is 29.4 Å². The minimum Gasteiger partial charge on any atom is -0.481 e. The molecule has 202 valence electrons. The minimum absolute atomic E-state index is 0.0153. The molecule has 4 aromatic rings. The molecule has 2 aromatic heterocycles. The lowest BCUT2D eigenvalue weighted by molar-refractivity contribution is -0.115. The van der Waals surface area contributed by atoms with Crippen LogP contribution in [0.5, 0.6) is 23.5 Å². The van der Waals surface area contributed by atoms with Crippen molar-refractivity contribution in [3.05, 3.63) is 77.6 Å². The molecular formula is C28H29N5O6. The van der Waals surface area contributed by atoms with Gasteiger partial charge >= 0.3 is 6.01 Å². The Morgan fingerprint density at radius 1 is 0.897 bits per heavy atom. The summed E-state index contributed by atoms with van der Waals surface area (Å²) in [6.45, 7) is 6.00. The largest absolute Gasteiger partial charge is 0.481 e. The Morgan fingerprint density at radius 3 is 2.21 bits per heavy atom. The van der Waals surface area contributed by atoms with E-state index >= 15 is 0 Å². The zero-order valence-corrected chi connectivity index (χ0v) is 22.3. The maximum Gasteiger partial charge on any atom is 0.328 e. The van der Waals surface area contributed by atoms with Crippen LogP contribution in [0, 0.1) is 0 Å². The van der Waals surface area contributed by atoms with E-state index in [4.69, 9.17) is 18.7 Å². The Kier molecular flexibility index (Phi) is 8.09. The first-order valence-corrected chi connectivity index (χ1v) is 12.1. The Balaban J connectivity index is 1.35. The fourth-order valence-electron chi connectivity index (χ4n) is 3.41. The number of ether oxygens (including phenoxy) is 3. The van der Waals surface area contributed by atoms with Crippen molar-refractivity contribution in [1.29, 1.82) is 0 Å².